The van der Waals surface area contributed by atoms with E-state index in [4.69, 9.17) is 38.8 Å². The maximum Gasteiger partial charge on any atom is 0.143 e. The van der Waals surface area contributed by atoms with Gasteiger partial charge in [-0.2, -0.15) is 0 Å². The van der Waals surface area contributed by atoms with Crippen LogP contribution in [-0.4, -0.2) is 32.6 Å². The number of hydrogen-bond donors (Lipinski definition) is 1. The van der Waals surface area contributed by atoms with Gasteiger partial charge in [-0.3, -0.25) is 4.39 Å². The molecule has 0 aliphatic rings. The fourth-order valence-corrected chi connectivity index (χ4v) is 3.29. The van der Waals surface area contributed by atoms with Gasteiger partial charge >= 0.3 is 0 Å². The molecule has 0 aromatic heterocycles. The van der Waals surface area contributed by atoms with Gasteiger partial charge in [0.15, 0.2) is 0 Å². The highest BCUT2D eigenvalue weighted by molar-refractivity contribution is 14.1. The molecule has 0 saturated carbocycles. The SMILES string of the molecule is COc1cc(I)cc(O)c1Cl.COc1cc(I)cc(OC(C)C)c1Cl.[2H]CF. The van der Waals surface area contributed by atoms with Gasteiger partial charge in [0, 0.05) is 7.14 Å². The van der Waals surface area contributed by atoms with Crippen LogP contribution in [0.15, 0.2) is 24.3 Å². The van der Waals surface area contributed by atoms with Crippen LogP contribution in [0.4, 0.5) is 4.39 Å². The molecule has 0 spiro atoms. The molecule has 0 atom stereocenters. The van der Waals surface area contributed by atoms with Crippen LogP contribution in [0.25, 0.3) is 0 Å². The zero-order chi connectivity index (χ0) is 21.9. The molecule has 0 aliphatic carbocycles. The van der Waals surface area contributed by atoms with E-state index in [2.05, 4.69) is 45.2 Å². The zero-order valence-corrected chi connectivity index (χ0v) is 21.0. The Hall–Kier alpha value is -0.390. The van der Waals surface area contributed by atoms with Crippen molar-refractivity contribution in [1.29, 1.82) is 0 Å². The van der Waals surface area contributed by atoms with Gasteiger partial charge in [0.05, 0.1) is 28.8 Å². The van der Waals surface area contributed by atoms with Crippen LogP contribution >= 0.6 is 68.4 Å². The van der Waals surface area contributed by atoms with E-state index in [1.54, 1.807) is 19.2 Å². The van der Waals surface area contributed by atoms with Crippen LogP contribution in [0, 0.1) is 7.14 Å². The maximum absolute atomic E-state index is 9.96. The van der Waals surface area contributed by atoms with Crippen molar-refractivity contribution in [2.75, 3.05) is 21.4 Å². The highest BCUT2D eigenvalue weighted by Crippen LogP contribution is 2.36. The summed E-state index contributed by atoms with van der Waals surface area (Å²) in [7, 11) is 2.10. The Morgan fingerprint density at radius 3 is 1.81 bits per heavy atom. The smallest absolute Gasteiger partial charge is 0.143 e. The average Bonchev–Trinajstić information content (AvgIpc) is 2.61. The predicted molar refractivity (Wildman–Crippen MR) is 126 cm³/mol. The van der Waals surface area contributed by atoms with E-state index in [0.29, 0.717) is 22.3 Å². The van der Waals surface area contributed by atoms with Gasteiger partial charge in [0.25, 0.3) is 0 Å². The number of aromatic hydroxyl groups is 1. The second-order valence-electron chi connectivity index (χ2n) is 5.03. The van der Waals surface area contributed by atoms with Crippen LogP contribution in [0.2, 0.25) is 10.0 Å². The molecule has 2 rings (SSSR count). The summed E-state index contributed by atoms with van der Waals surface area (Å²) in [6.07, 6.45) is 0.107. The summed E-state index contributed by atoms with van der Waals surface area (Å²) in [4.78, 5) is 0. The van der Waals surface area contributed by atoms with E-state index in [1.807, 2.05) is 26.0 Å². The number of ether oxygens (including phenoxy) is 3. The number of halogens is 5. The van der Waals surface area contributed by atoms with E-state index in [0.717, 1.165) is 7.14 Å². The third-order valence-corrected chi connectivity index (χ3v) is 4.76. The quantitative estimate of drug-likeness (QED) is 0.365. The Labute approximate surface area is 198 Å². The van der Waals surface area contributed by atoms with Crippen molar-refractivity contribution in [3.05, 3.63) is 41.5 Å². The third kappa shape index (κ3) is 9.10. The first-order chi connectivity index (χ1) is 13.1. The minimum atomic E-state index is -1.00. The van der Waals surface area contributed by atoms with E-state index in [9.17, 15) is 9.50 Å². The second-order valence-corrected chi connectivity index (χ2v) is 8.28. The van der Waals surface area contributed by atoms with Crippen molar-refractivity contribution in [3.63, 3.8) is 0 Å². The molecule has 2 aromatic carbocycles. The molecule has 0 saturated heterocycles. The lowest BCUT2D eigenvalue weighted by molar-refractivity contribution is 0.241. The Morgan fingerprint density at radius 1 is 0.963 bits per heavy atom. The first-order valence-electron chi connectivity index (χ1n) is 8.08. The first kappa shape index (κ1) is 24.6. The van der Waals surface area contributed by atoms with Gasteiger partial charge in [-0.05, 0) is 83.3 Å². The van der Waals surface area contributed by atoms with Gasteiger partial charge in [-0.1, -0.05) is 23.2 Å². The largest absolute Gasteiger partial charge is 0.506 e. The molecule has 152 valence electrons. The molecule has 0 aliphatic heterocycles. The van der Waals surface area contributed by atoms with Crippen molar-refractivity contribution >= 4 is 68.4 Å². The summed E-state index contributed by atoms with van der Waals surface area (Å²) in [5, 5.41) is 9.98. The molecule has 0 unspecified atom stereocenters. The summed E-state index contributed by atoms with van der Waals surface area (Å²) < 4.78 is 33.0. The van der Waals surface area contributed by atoms with Crippen molar-refractivity contribution in [3.8, 4) is 23.0 Å². The molecule has 0 fully saturated rings. The van der Waals surface area contributed by atoms with E-state index < -0.39 is 7.15 Å². The number of alkyl halides is 1. The summed E-state index contributed by atoms with van der Waals surface area (Å²) in [6, 6.07) is 7.09. The molecule has 0 bridgehead atoms. The topological polar surface area (TPSA) is 47.9 Å². The number of phenolic OH excluding ortho intramolecular Hbond substituents is 1. The molecule has 2 aromatic rings. The average molecular weight is 646 g/mol. The molecule has 0 radical (unpaired) electrons. The highest BCUT2D eigenvalue weighted by atomic mass is 127. The Bertz CT molecular complexity index is 752. The predicted octanol–water partition coefficient (Wildman–Crippen LogP) is 6.98. The molecular formula is C18H21Cl2FI2O4. The van der Waals surface area contributed by atoms with E-state index in [1.165, 1.54) is 7.11 Å². The Balaban J connectivity index is 0.000000466. The molecule has 0 heterocycles. The lowest BCUT2D eigenvalue weighted by atomic mass is 10.3. The van der Waals surface area contributed by atoms with Crippen LogP contribution in [-0.2, 0) is 0 Å². The Morgan fingerprint density at radius 2 is 1.37 bits per heavy atom. The van der Waals surface area contributed by atoms with Crippen LogP contribution in [0.5, 0.6) is 23.0 Å². The summed E-state index contributed by atoms with van der Waals surface area (Å²) in [5.74, 6) is 1.87. The van der Waals surface area contributed by atoms with E-state index in [-0.39, 0.29) is 16.9 Å². The van der Waals surface area contributed by atoms with Crippen molar-refractivity contribution in [1.82, 2.24) is 0 Å². The number of phenols is 1. The van der Waals surface area contributed by atoms with Crippen LogP contribution < -0.4 is 14.2 Å². The minimum absolute atomic E-state index is 0.0513. The second kappa shape index (κ2) is 13.7. The first-order valence-corrected chi connectivity index (χ1v) is 10.3. The maximum atomic E-state index is 9.96. The third-order valence-electron chi connectivity index (χ3n) is 2.76. The number of benzene rings is 2. The normalized spacial score (nSPS) is 10.1. The monoisotopic (exact) mass is 645 g/mol. The summed E-state index contributed by atoms with van der Waals surface area (Å²) in [5.41, 5.74) is 0. The van der Waals surface area contributed by atoms with Gasteiger partial charge < -0.3 is 19.3 Å². The van der Waals surface area contributed by atoms with E-state index >= 15 is 0 Å². The Kier molecular flexibility index (Phi) is 12.5. The van der Waals surface area contributed by atoms with Crippen molar-refractivity contribution in [2.24, 2.45) is 0 Å². The van der Waals surface area contributed by atoms with Crippen LogP contribution in [0.3, 0.4) is 0 Å². The summed E-state index contributed by atoms with van der Waals surface area (Å²) >= 11 is 16.0. The minimum Gasteiger partial charge on any atom is -0.506 e. The summed E-state index contributed by atoms with van der Waals surface area (Å²) in [6.45, 7) is 3.92. The number of methoxy groups -OCH3 is 2. The highest BCUT2D eigenvalue weighted by Gasteiger charge is 2.11. The molecule has 1 N–H and O–H groups in total. The fourth-order valence-electron chi connectivity index (χ4n) is 1.73. The lowest BCUT2D eigenvalue weighted by Gasteiger charge is -2.13. The molecular weight excluding hydrogens is 624 g/mol. The van der Waals surface area contributed by atoms with Crippen molar-refractivity contribution in [2.45, 2.75) is 20.0 Å². The van der Waals surface area contributed by atoms with Crippen LogP contribution in [0.1, 0.15) is 15.2 Å². The van der Waals surface area contributed by atoms with Gasteiger partial charge in [-0.15, -0.1) is 0 Å². The number of hydrogen-bond acceptors (Lipinski definition) is 4. The molecule has 9 heteroatoms. The molecule has 27 heavy (non-hydrogen) atoms. The van der Waals surface area contributed by atoms with Crippen molar-refractivity contribution < 1.29 is 25.1 Å². The van der Waals surface area contributed by atoms with Gasteiger partial charge in [0.1, 0.15) is 33.0 Å². The molecule has 0 amide bonds. The molecule has 4 nitrogen and oxygen atoms in total. The lowest BCUT2D eigenvalue weighted by Crippen LogP contribution is -2.06. The zero-order valence-electron chi connectivity index (χ0n) is 16.2. The van der Waals surface area contributed by atoms with Gasteiger partial charge in [0.2, 0.25) is 0 Å². The fraction of sp³-hybridized carbons (Fsp3) is 0.333. The standard InChI is InChI=1S/C10H12ClIO2.C7H6ClIO2.CH3F/c1-6(2)14-9-5-7(12)4-8(13-3)10(9)11;1-11-6-3-4(9)2-5(10)7(6)8;1-2/h4-6H,1-3H3;2-3,10H,1H3;1H3/i;;1D. The number of rotatable bonds is 4. The van der Waals surface area contributed by atoms with Gasteiger partial charge in [-0.25, -0.2) is 0 Å².